The Labute approximate surface area is 162 Å². The van der Waals surface area contributed by atoms with Crippen molar-refractivity contribution in [2.75, 3.05) is 70.1 Å². The fourth-order valence-corrected chi connectivity index (χ4v) is 3.06. The first kappa shape index (κ1) is 19.3. The number of hydrogen-bond donors (Lipinski definition) is 1. The van der Waals surface area contributed by atoms with Crippen molar-refractivity contribution in [2.45, 2.75) is 0 Å². The summed E-state index contributed by atoms with van der Waals surface area (Å²) in [6.45, 7) is 6.88. The van der Waals surface area contributed by atoms with Crippen LogP contribution in [0.3, 0.4) is 0 Å². The molecule has 1 aromatic carbocycles. The van der Waals surface area contributed by atoms with E-state index in [9.17, 15) is 0 Å². The van der Waals surface area contributed by atoms with Gasteiger partial charge in [-0.15, -0.1) is 0 Å². The Morgan fingerprint density at radius 2 is 1.85 bits per heavy atom. The van der Waals surface area contributed by atoms with E-state index in [0.29, 0.717) is 5.95 Å². The number of hydrogen-bond acceptors (Lipinski definition) is 6. The molecule has 2 aromatic rings. The molecule has 1 N–H and O–H groups in total. The number of rotatable bonds is 8. The molecule has 0 unspecified atom stereocenters. The lowest BCUT2D eigenvalue weighted by Crippen LogP contribution is -2.46. The van der Waals surface area contributed by atoms with E-state index < -0.39 is 0 Å². The minimum atomic E-state index is 0.711. The normalized spacial score (nSPS) is 15.6. The molecule has 144 valence electrons. The summed E-state index contributed by atoms with van der Waals surface area (Å²) in [4.78, 5) is 16.0. The molecule has 0 bridgehead atoms. The summed E-state index contributed by atoms with van der Waals surface area (Å²) in [6, 6.07) is 12.5. The molecule has 0 aliphatic carbocycles. The molecule has 1 aromatic heterocycles. The number of piperazine rings is 1. The van der Waals surface area contributed by atoms with Crippen LogP contribution in [0.2, 0.25) is 0 Å². The summed E-state index contributed by atoms with van der Waals surface area (Å²) < 4.78 is 0. The lowest BCUT2D eigenvalue weighted by molar-refractivity contribution is 0.283. The van der Waals surface area contributed by atoms with E-state index in [1.165, 1.54) is 5.56 Å². The zero-order valence-corrected chi connectivity index (χ0v) is 16.4. The van der Waals surface area contributed by atoms with Crippen molar-refractivity contribution in [1.29, 1.82) is 0 Å². The average molecular weight is 367 g/mol. The largest absolute Gasteiger partial charge is 0.354 e. The highest BCUT2D eigenvalue weighted by Gasteiger charge is 2.17. The van der Waals surface area contributed by atoms with Gasteiger partial charge in [0.05, 0.1) is 0 Å². The van der Waals surface area contributed by atoms with Gasteiger partial charge >= 0.3 is 0 Å². The van der Waals surface area contributed by atoms with Crippen LogP contribution in [0.5, 0.6) is 0 Å². The van der Waals surface area contributed by atoms with Crippen molar-refractivity contribution in [3.63, 3.8) is 0 Å². The molecule has 6 nitrogen and oxygen atoms in total. The van der Waals surface area contributed by atoms with Gasteiger partial charge in [0.1, 0.15) is 5.82 Å². The first-order valence-corrected chi connectivity index (χ1v) is 9.61. The Morgan fingerprint density at radius 1 is 1.07 bits per heavy atom. The zero-order chi connectivity index (χ0) is 18.9. The second-order valence-electron chi connectivity index (χ2n) is 7.07. The fourth-order valence-electron chi connectivity index (χ4n) is 3.06. The molecule has 1 aliphatic heterocycles. The predicted molar refractivity (Wildman–Crippen MR) is 113 cm³/mol. The molecule has 6 heteroatoms. The highest BCUT2D eigenvalue weighted by Crippen LogP contribution is 2.15. The molecule has 0 spiro atoms. The van der Waals surface area contributed by atoms with Gasteiger partial charge in [-0.3, -0.25) is 4.90 Å². The predicted octanol–water partition coefficient (Wildman–Crippen LogP) is 2.29. The number of likely N-dealkylation sites (N-methyl/N-ethyl adjacent to an activating group) is 1. The van der Waals surface area contributed by atoms with Crippen molar-refractivity contribution in [3.05, 3.63) is 54.2 Å². The SMILES string of the molecule is CN(C)CCNc1nccc(N2CCN(C/C=C/c3ccccc3)CC2)n1. The minimum absolute atomic E-state index is 0.711. The second kappa shape index (κ2) is 10.0. The fraction of sp³-hybridized carbons (Fsp3) is 0.429. The lowest BCUT2D eigenvalue weighted by Gasteiger charge is -2.34. The molecule has 0 radical (unpaired) electrons. The van der Waals surface area contributed by atoms with Crippen LogP contribution in [0.25, 0.3) is 6.08 Å². The first-order chi connectivity index (χ1) is 13.2. The molecular weight excluding hydrogens is 336 g/mol. The van der Waals surface area contributed by atoms with Crippen LogP contribution in [-0.4, -0.2) is 79.7 Å². The van der Waals surface area contributed by atoms with Gasteiger partial charge in [0.15, 0.2) is 0 Å². The maximum absolute atomic E-state index is 4.67. The zero-order valence-electron chi connectivity index (χ0n) is 16.4. The van der Waals surface area contributed by atoms with Crippen LogP contribution >= 0.6 is 0 Å². The molecule has 0 atom stereocenters. The standard InChI is InChI=1S/C21H30N6/c1-25(2)14-12-23-21-22-11-10-20(24-21)27-17-15-26(16-18-27)13-6-9-19-7-4-3-5-8-19/h3-11H,12-18H2,1-2H3,(H,22,23,24)/b9-6+. The Hall–Kier alpha value is -2.44. The summed E-state index contributed by atoms with van der Waals surface area (Å²) in [7, 11) is 4.13. The number of aromatic nitrogens is 2. The number of benzene rings is 1. The summed E-state index contributed by atoms with van der Waals surface area (Å²) in [6.07, 6.45) is 6.29. The van der Waals surface area contributed by atoms with Crippen LogP contribution in [0.15, 0.2) is 48.7 Å². The van der Waals surface area contributed by atoms with Crippen molar-refractivity contribution < 1.29 is 0 Å². The van der Waals surface area contributed by atoms with Gasteiger partial charge in [-0.2, -0.15) is 4.98 Å². The summed E-state index contributed by atoms with van der Waals surface area (Å²) >= 11 is 0. The quantitative estimate of drug-likeness (QED) is 0.774. The Bertz CT molecular complexity index is 708. The third-order valence-electron chi connectivity index (χ3n) is 4.65. The molecule has 0 saturated carbocycles. The van der Waals surface area contributed by atoms with Crippen LogP contribution in [0.1, 0.15) is 5.56 Å². The smallest absolute Gasteiger partial charge is 0.224 e. The maximum atomic E-state index is 4.67. The Balaban J connectivity index is 1.45. The highest BCUT2D eigenvalue weighted by molar-refractivity contribution is 5.49. The molecule has 2 heterocycles. The molecule has 3 rings (SSSR count). The third-order valence-corrected chi connectivity index (χ3v) is 4.65. The maximum Gasteiger partial charge on any atom is 0.224 e. The van der Waals surface area contributed by atoms with Crippen LogP contribution in [0.4, 0.5) is 11.8 Å². The number of anilines is 2. The third kappa shape index (κ3) is 6.34. The molecular formula is C21H30N6. The van der Waals surface area contributed by atoms with Gasteiger partial charge in [0.2, 0.25) is 5.95 Å². The average Bonchev–Trinajstić information content (AvgIpc) is 2.69. The number of nitrogens with zero attached hydrogens (tertiary/aromatic N) is 5. The van der Waals surface area contributed by atoms with Gasteiger partial charge in [-0.1, -0.05) is 42.5 Å². The highest BCUT2D eigenvalue weighted by atomic mass is 15.3. The van der Waals surface area contributed by atoms with Crippen molar-refractivity contribution in [2.24, 2.45) is 0 Å². The number of nitrogens with one attached hydrogen (secondary N) is 1. The van der Waals surface area contributed by atoms with E-state index in [1.54, 1.807) is 0 Å². The molecule has 1 saturated heterocycles. The minimum Gasteiger partial charge on any atom is -0.354 e. The Kier molecular flexibility index (Phi) is 7.19. The van der Waals surface area contributed by atoms with Gasteiger partial charge in [0.25, 0.3) is 0 Å². The van der Waals surface area contributed by atoms with Crippen molar-refractivity contribution >= 4 is 17.8 Å². The molecule has 1 aliphatic rings. The van der Waals surface area contributed by atoms with Gasteiger partial charge in [-0.25, -0.2) is 4.98 Å². The molecule has 1 fully saturated rings. The van der Waals surface area contributed by atoms with E-state index in [1.807, 2.05) is 18.3 Å². The van der Waals surface area contributed by atoms with E-state index in [4.69, 9.17) is 0 Å². The van der Waals surface area contributed by atoms with Crippen LogP contribution < -0.4 is 10.2 Å². The van der Waals surface area contributed by atoms with Gasteiger partial charge in [-0.05, 0) is 25.7 Å². The van der Waals surface area contributed by atoms with Crippen LogP contribution in [0, 0.1) is 0 Å². The van der Waals surface area contributed by atoms with Crippen LogP contribution in [-0.2, 0) is 0 Å². The topological polar surface area (TPSA) is 47.5 Å². The Morgan fingerprint density at radius 3 is 2.59 bits per heavy atom. The van der Waals surface area contributed by atoms with Crippen molar-refractivity contribution in [3.8, 4) is 0 Å². The second-order valence-corrected chi connectivity index (χ2v) is 7.07. The summed E-state index contributed by atoms with van der Waals surface area (Å²) in [5, 5.41) is 3.30. The summed E-state index contributed by atoms with van der Waals surface area (Å²) in [5.41, 5.74) is 1.26. The van der Waals surface area contributed by atoms with Gasteiger partial charge in [0, 0.05) is 52.0 Å². The van der Waals surface area contributed by atoms with E-state index in [2.05, 4.69) is 80.5 Å². The summed E-state index contributed by atoms with van der Waals surface area (Å²) in [5.74, 6) is 1.72. The molecule has 27 heavy (non-hydrogen) atoms. The first-order valence-electron chi connectivity index (χ1n) is 9.61. The molecule has 0 amide bonds. The van der Waals surface area contributed by atoms with Gasteiger partial charge < -0.3 is 15.1 Å². The van der Waals surface area contributed by atoms with E-state index >= 15 is 0 Å². The monoisotopic (exact) mass is 366 g/mol. The van der Waals surface area contributed by atoms with E-state index in [-0.39, 0.29) is 0 Å². The van der Waals surface area contributed by atoms with E-state index in [0.717, 1.165) is 51.6 Å². The van der Waals surface area contributed by atoms with Crippen molar-refractivity contribution in [1.82, 2.24) is 19.8 Å². The lowest BCUT2D eigenvalue weighted by atomic mass is 10.2.